The van der Waals surface area contributed by atoms with E-state index in [0.29, 0.717) is 5.56 Å². The van der Waals surface area contributed by atoms with Gasteiger partial charge in [0.15, 0.2) is 31.0 Å². The van der Waals surface area contributed by atoms with Crippen LogP contribution in [0.2, 0.25) is 0 Å². The number of nitrogens with zero attached hydrogens (tertiary/aromatic N) is 8. The Labute approximate surface area is 375 Å². The van der Waals surface area contributed by atoms with Gasteiger partial charge in [-0.1, -0.05) is 18.2 Å². The summed E-state index contributed by atoms with van der Waals surface area (Å²) in [6.45, 7) is 1.37. The zero-order valence-corrected chi connectivity index (χ0v) is 37.8. The first kappa shape index (κ1) is 49.1. The van der Waals surface area contributed by atoms with Crippen LogP contribution in [-0.2, 0) is 59.0 Å². The number of aryl methyl sites for hydroxylation is 2. The van der Waals surface area contributed by atoms with Crippen LogP contribution < -0.4 is 0 Å². The molecular weight excluding hydrogens is 977 g/mol. The van der Waals surface area contributed by atoms with E-state index in [9.17, 15) is 56.9 Å². The van der Waals surface area contributed by atoms with Crippen LogP contribution in [0.15, 0.2) is 126 Å². The Balaban J connectivity index is 1.16. The van der Waals surface area contributed by atoms with Gasteiger partial charge in [0, 0.05) is 5.56 Å². The molecule has 2 aromatic heterocycles. The summed E-state index contributed by atoms with van der Waals surface area (Å²) >= 11 is 0. The van der Waals surface area contributed by atoms with E-state index in [1.54, 1.807) is 0 Å². The average Bonchev–Trinajstić information content (AvgIpc) is 3.69. The Morgan fingerprint density at radius 3 is 1.32 bits per heavy atom. The molecule has 0 saturated carbocycles. The molecule has 30 heteroatoms. The minimum atomic E-state index is -4.86. The average molecular weight is 1010 g/mol. The summed E-state index contributed by atoms with van der Waals surface area (Å²) in [5.41, 5.74) is 1.19. The van der Waals surface area contributed by atoms with Crippen LogP contribution in [0.1, 0.15) is 11.4 Å². The van der Waals surface area contributed by atoms with E-state index >= 15 is 0 Å². The van der Waals surface area contributed by atoms with Gasteiger partial charge < -0.3 is 10.2 Å². The third-order valence-electron chi connectivity index (χ3n) is 9.01. The number of sulfone groups is 2. The molecule has 0 bridgehead atoms. The molecule has 0 atom stereocenters. The molecule has 0 spiro atoms. The van der Waals surface area contributed by atoms with Crippen molar-refractivity contribution in [1.29, 1.82) is 0 Å². The molecule has 350 valence electrons. The lowest BCUT2D eigenvalue weighted by Gasteiger charge is -2.08. The second-order valence-corrected chi connectivity index (χ2v) is 21.4. The molecule has 0 radical (unpaired) electrons. The summed E-state index contributed by atoms with van der Waals surface area (Å²) in [5.74, 6) is -2.48. The number of azo groups is 2. The lowest BCUT2D eigenvalue weighted by atomic mass is 10.0. The first-order valence-corrected chi connectivity index (χ1v) is 25.7. The lowest BCUT2D eigenvalue weighted by Crippen LogP contribution is -2.15. The second-order valence-electron chi connectivity index (χ2n) is 13.6. The van der Waals surface area contributed by atoms with E-state index < -0.39 is 92.0 Å². The number of rotatable bonds is 18. The van der Waals surface area contributed by atoms with Crippen LogP contribution in [0, 0.1) is 13.8 Å². The third kappa shape index (κ3) is 11.9. The molecule has 0 unspecified atom stereocenters. The fraction of sp³-hybridized carbons (Fsp3) is 0.167. The minimum absolute atomic E-state index is 0.0407. The predicted molar refractivity (Wildman–Crippen MR) is 229 cm³/mol. The summed E-state index contributed by atoms with van der Waals surface area (Å²) < 4.78 is 156. The molecule has 66 heavy (non-hydrogen) atoms. The van der Waals surface area contributed by atoms with E-state index in [1.807, 2.05) is 0 Å². The molecule has 6 aromatic rings. The van der Waals surface area contributed by atoms with Crippen molar-refractivity contribution >= 4 is 73.3 Å². The normalized spacial score (nSPS) is 13.0. The van der Waals surface area contributed by atoms with E-state index in [1.165, 1.54) is 98.8 Å². The van der Waals surface area contributed by atoms with Crippen molar-refractivity contribution in [3.8, 4) is 34.3 Å². The number of aromatic hydroxyl groups is 2. The molecule has 0 fully saturated rings. The Bertz CT molecular complexity index is 3450. The van der Waals surface area contributed by atoms with Gasteiger partial charge in [-0.2, -0.15) is 55.0 Å². The maximum absolute atomic E-state index is 12.6. The first-order chi connectivity index (χ1) is 30.7. The number of hydrogen-bond acceptors (Lipinski definition) is 20. The molecule has 0 amide bonds. The van der Waals surface area contributed by atoms with Crippen LogP contribution >= 0.6 is 0 Å². The van der Waals surface area contributed by atoms with Gasteiger partial charge >= 0.3 is 20.8 Å². The van der Waals surface area contributed by atoms with E-state index in [0.717, 1.165) is 15.4 Å². The zero-order valence-electron chi connectivity index (χ0n) is 33.7. The summed E-state index contributed by atoms with van der Waals surface area (Å²) in [5, 5.41) is 46.5. The highest BCUT2D eigenvalue weighted by atomic mass is 32.3. The molecule has 0 aliphatic rings. The van der Waals surface area contributed by atoms with E-state index in [4.69, 9.17) is 9.11 Å². The predicted octanol–water partition coefficient (Wildman–Crippen LogP) is 5.02. The molecule has 0 aliphatic heterocycles. The van der Waals surface area contributed by atoms with Crippen molar-refractivity contribution in [3.05, 3.63) is 102 Å². The topological polar surface area (TPSA) is 375 Å². The third-order valence-corrected chi connectivity index (χ3v) is 14.2. The van der Waals surface area contributed by atoms with Crippen molar-refractivity contribution in [3.63, 3.8) is 0 Å². The highest BCUT2D eigenvalue weighted by Gasteiger charge is 2.23. The molecule has 6 rings (SSSR count). The maximum atomic E-state index is 12.6. The molecule has 0 aliphatic carbocycles. The maximum Gasteiger partial charge on any atom is 0.397 e. The van der Waals surface area contributed by atoms with Crippen LogP contribution in [0.25, 0.3) is 22.5 Å². The largest absolute Gasteiger partial charge is 0.492 e. The molecular formula is C36H34N8O17S5. The van der Waals surface area contributed by atoms with Crippen LogP contribution in [0.3, 0.4) is 0 Å². The van der Waals surface area contributed by atoms with Crippen molar-refractivity contribution < 1.29 is 74.3 Å². The van der Waals surface area contributed by atoms with Gasteiger partial charge in [0.25, 0.3) is 10.1 Å². The quantitative estimate of drug-likeness (QED) is 0.0557. The van der Waals surface area contributed by atoms with Gasteiger partial charge in [0.2, 0.25) is 11.8 Å². The highest BCUT2D eigenvalue weighted by molar-refractivity contribution is 7.91. The number of benzene rings is 4. The Morgan fingerprint density at radius 1 is 0.530 bits per heavy atom. The van der Waals surface area contributed by atoms with Gasteiger partial charge in [-0.25, -0.2) is 25.2 Å². The second kappa shape index (κ2) is 18.9. The first-order valence-electron chi connectivity index (χ1n) is 18.3. The number of aromatic nitrogens is 4. The van der Waals surface area contributed by atoms with Crippen molar-refractivity contribution in [2.24, 2.45) is 20.5 Å². The Kier molecular flexibility index (Phi) is 14.0. The number of hydrogen-bond donors (Lipinski definition) is 5. The molecule has 4 aromatic carbocycles. The fourth-order valence-electron chi connectivity index (χ4n) is 5.88. The summed E-state index contributed by atoms with van der Waals surface area (Å²) in [6, 6.07) is 19.7. The Hall–Kier alpha value is -6.35. The van der Waals surface area contributed by atoms with Crippen molar-refractivity contribution in [2.45, 2.75) is 28.5 Å². The highest BCUT2D eigenvalue weighted by Crippen LogP contribution is 2.38. The molecule has 5 N–H and O–H groups in total. The lowest BCUT2D eigenvalue weighted by molar-refractivity contribution is 0.282. The van der Waals surface area contributed by atoms with Gasteiger partial charge in [-0.3, -0.25) is 13.7 Å². The van der Waals surface area contributed by atoms with Crippen molar-refractivity contribution in [2.75, 3.05) is 24.7 Å². The van der Waals surface area contributed by atoms with Crippen molar-refractivity contribution in [1.82, 2.24) is 19.6 Å². The van der Waals surface area contributed by atoms with Gasteiger partial charge in [0.05, 0.1) is 68.6 Å². The van der Waals surface area contributed by atoms with Crippen LogP contribution in [-0.4, -0.2) is 110 Å². The molecule has 25 nitrogen and oxygen atoms in total. The summed E-state index contributed by atoms with van der Waals surface area (Å²) in [4.78, 5) is -0.964. The zero-order chi connectivity index (χ0) is 48.4. The standard InChI is InChI=1S/C36H34N8O17S5/c1-22-33(35(45)43(41-22)27-8-12-29(13-9-27)62(47,48)19-17-60-65(54,55)56)39-37-25-5-3-24(4-6-25)31-16-7-26(21-32(31)64(51,52)53)38-40-34-23(2)42-44(36(34)46)28-10-14-30(15-11-28)63(49,50)20-18-61-66(57,58)59/h3-16,21,45-46H,17-20H2,1-2H3,(H,51,52,53)(H,54,55,56)(H,57,58,59). The monoisotopic (exact) mass is 1010 g/mol. The van der Waals surface area contributed by atoms with Gasteiger partial charge in [0.1, 0.15) is 4.90 Å². The summed E-state index contributed by atoms with van der Waals surface area (Å²) in [6.07, 6.45) is 0. The summed E-state index contributed by atoms with van der Waals surface area (Å²) in [7, 11) is -22.6. The van der Waals surface area contributed by atoms with E-state index in [2.05, 4.69) is 39.0 Å². The van der Waals surface area contributed by atoms with Crippen LogP contribution in [0.4, 0.5) is 22.7 Å². The van der Waals surface area contributed by atoms with Gasteiger partial charge in [-0.05, 0) is 92.2 Å². The molecule has 2 heterocycles. The van der Waals surface area contributed by atoms with Gasteiger partial charge in [-0.15, -0.1) is 10.2 Å². The minimum Gasteiger partial charge on any atom is -0.492 e. The smallest absolute Gasteiger partial charge is 0.397 e. The Morgan fingerprint density at radius 2 is 0.924 bits per heavy atom. The SMILES string of the molecule is Cc1nn(-c2ccc(S(=O)(=O)CCOS(=O)(=O)O)cc2)c(O)c1N=Nc1ccc(-c2ccc(N=Nc3c(C)nn(-c4ccc(S(=O)(=O)CCOS(=O)(=O)O)cc4)c3O)cc2S(=O)(=O)O)cc1. The fourth-order valence-corrected chi connectivity index (χ4v) is 9.59. The van der Waals surface area contributed by atoms with E-state index in [-0.39, 0.29) is 60.9 Å². The molecule has 0 saturated heterocycles. The van der Waals surface area contributed by atoms with Crippen LogP contribution in [0.5, 0.6) is 11.8 Å².